The van der Waals surface area contributed by atoms with E-state index in [0.29, 0.717) is 12.4 Å². The highest BCUT2D eigenvalue weighted by atomic mass is 35.5. The maximum absolute atomic E-state index is 11.4. The third-order valence-corrected chi connectivity index (χ3v) is 2.60. The minimum atomic E-state index is -0.137. The van der Waals surface area contributed by atoms with Gasteiger partial charge in [-0.25, -0.2) is 4.79 Å². The Balaban J connectivity index is 2.27. The fourth-order valence-corrected chi connectivity index (χ4v) is 2.01. The summed E-state index contributed by atoms with van der Waals surface area (Å²) in [6.45, 7) is 4.56. The van der Waals surface area contributed by atoms with Crippen LogP contribution in [0.5, 0.6) is 0 Å². The molecule has 2 amide bonds. The molecule has 2 atom stereocenters. The Kier molecular flexibility index (Phi) is 5.19. The van der Waals surface area contributed by atoms with Crippen molar-refractivity contribution in [1.82, 2.24) is 10.6 Å². The average molecular weight is 235 g/mol. The van der Waals surface area contributed by atoms with E-state index in [1.165, 1.54) is 0 Å². The first kappa shape index (κ1) is 12.6. The van der Waals surface area contributed by atoms with Crippen LogP contribution < -0.4 is 10.6 Å². The molecule has 0 spiro atoms. The van der Waals surface area contributed by atoms with E-state index in [1.807, 2.05) is 13.8 Å². The van der Waals surface area contributed by atoms with Crippen LogP contribution in [0.1, 0.15) is 26.7 Å². The molecule has 1 heterocycles. The predicted molar refractivity (Wildman–Crippen MR) is 60.3 cm³/mol. The standard InChI is InChI=1S/C10H19ClN2O2/c1-7-5-9(6-8(2)15-7)13-10(14)12-4-3-11/h7-9H,3-6H2,1-2H3,(H2,12,13,14). The van der Waals surface area contributed by atoms with Crippen LogP contribution in [0, 0.1) is 0 Å². The molecule has 0 aliphatic carbocycles. The van der Waals surface area contributed by atoms with E-state index < -0.39 is 0 Å². The number of hydrogen-bond donors (Lipinski definition) is 2. The number of rotatable bonds is 3. The van der Waals surface area contributed by atoms with Gasteiger partial charge >= 0.3 is 6.03 Å². The van der Waals surface area contributed by atoms with Gasteiger partial charge in [0, 0.05) is 18.5 Å². The SMILES string of the molecule is CC1CC(NC(=O)NCCCl)CC(C)O1. The zero-order valence-electron chi connectivity index (χ0n) is 9.25. The van der Waals surface area contributed by atoms with Crippen LogP contribution >= 0.6 is 11.6 Å². The molecule has 0 radical (unpaired) electrons. The van der Waals surface area contributed by atoms with Gasteiger partial charge in [0.15, 0.2) is 0 Å². The summed E-state index contributed by atoms with van der Waals surface area (Å²) in [6.07, 6.45) is 2.18. The number of alkyl halides is 1. The maximum Gasteiger partial charge on any atom is 0.315 e. The first-order valence-corrected chi connectivity index (χ1v) is 5.91. The molecule has 88 valence electrons. The van der Waals surface area contributed by atoms with Gasteiger partial charge in [-0.3, -0.25) is 0 Å². The van der Waals surface area contributed by atoms with Crippen molar-refractivity contribution in [3.8, 4) is 0 Å². The fourth-order valence-electron chi connectivity index (χ4n) is 1.92. The molecule has 1 saturated heterocycles. The lowest BCUT2D eigenvalue weighted by atomic mass is 10.0. The quantitative estimate of drug-likeness (QED) is 0.727. The molecule has 1 rings (SSSR count). The summed E-state index contributed by atoms with van der Waals surface area (Å²) < 4.78 is 5.59. The van der Waals surface area contributed by atoms with Gasteiger partial charge < -0.3 is 15.4 Å². The highest BCUT2D eigenvalue weighted by molar-refractivity contribution is 6.18. The second-order valence-corrected chi connectivity index (χ2v) is 4.39. The van der Waals surface area contributed by atoms with Crippen molar-refractivity contribution in [2.45, 2.75) is 44.9 Å². The number of urea groups is 1. The third kappa shape index (κ3) is 4.71. The van der Waals surface area contributed by atoms with E-state index in [-0.39, 0.29) is 24.3 Å². The molecular weight excluding hydrogens is 216 g/mol. The molecule has 1 aliphatic rings. The molecule has 5 heteroatoms. The Morgan fingerprint density at radius 2 is 2.00 bits per heavy atom. The van der Waals surface area contributed by atoms with Gasteiger partial charge in [-0.15, -0.1) is 11.6 Å². The normalized spacial score (nSPS) is 31.0. The van der Waals surface area contributed by atoms with Gasteiger partial charge in [-0.05, 0) is 26.7 Å². The van der Waals surface area contributed by atoms with Crippen molar-refractivity contribution in [3.63, 3.8) is 0 Å². The van der Waals surface area contributed by atoms with E-state index in [1.54, 1.807) is 0 Å². The largest absolute Gasteiger partial charge is 0.375 e. The van der Waals surface area contributed by atoms with Crippen LogP contribution in [0.4, 0.5) is 4.79 Å². The summed E-state index contributed by atoms with van der Waals surface area (Å²) in [5.41, 5.74) is 0. The Morgan fingerprint density at radius 3 is 2.53 bits per heavy atom. The summed E-state index contributed by atoms with van der Waals surface area (Å²) in [5, 5.41) is 5.61. The second-order valence-electron chi connectivity index (χ2n) is 4.01. The first-order chi connectivity index (χ1) is 7.11. The molecule has 0 bridgehead atoms. The second kappa shape index (κ2) is 6.18. The summed E-state index contributed by atoms with van der Waals surface area (Å²) in [4.78, 5) is 11.4. The topological polar surface area (TPSA) is 50.4 Å². The first-order valence-electron chi connectivity index (χ1n) is 5.37. The van der Waals surface area contributed by atoms with E-state index in [2.05, 4.69) is 10.6 Å². The molecular formula is C10H19ClN2O2. The smallest absolute Gasteiger partial charge is 0.315 e. The molecule has 0 aromatic rings. The van der Waals surface area contributed by atoms with Crippen molar-refractivity contribution in [2.75, 3.05) is 12.4 Å². The minimum absolute atomic E-state index is 0.137. The summed E-state index contributed by atoms with van der Waals surface area (Å²) >= 11 is 5.47. The molecule has 2 unspecified atom stereocenters. The number of hydrogen-bond acceptors (Lipinski definition) is 2. The number of amides is 2. The lowest BCUT2D eigenvalue weighted by Gasteiger charge is -2.32. The van der Waals surface area contributed by atoms with Crippen molar-refractivity contribution < 1.29 is 9.53 Å². The van der Waals surface area contributed by atoms with Gasteiger partial charge in [-0.1, -0.05) is 0 Å². The third-order valence-electron chi connectivity index (χ3n) is 2.41. The molecule has 1 aliphatic heterocycles. The Labute approximate surface area is 95.7 Å². The van der Waals surface area contributed by atoms with Crippen LogP contribution in [0.2, 0.25) is 0 Å². The highest BCUT2D eigenvalue weighted by Gasteiger charge is 2.25. The van der Waals surface area contributed by atoms with Crippen molar-refractivity contribution in [1.29, 1.82) is 0 Å². The van der Waals surface area contributed by atoms with Crippen LogP contribution in [0.3, 0.4) is 0 Å². The molecule has 1 fully saturated rings. The van der Waals surface area contributed by atoms with Gasteiger partial charge in [0.25, 0.3) is 0 Å². The van der Waals surface area contributed by atoms with E-state index in [9.17, 15) is 4.79 Å². The summed E-state index contributed by atoms with van der Waals surface area (Å²) in [7, 11) is 0. The lowest BCUT2D eigenvalue weighted by molar-refractivity contribution is -0.0401. The number of nitrogens with one attached hydrogen (secondary N) is 2. The molecule has 2 N–H and O–H groups in total. The Hall–Kier alpha value is -0.480. The molecule has 4 nitrogen and oxygen atoms in total. The van der Waals surface area contributed by atoms with E-state index >= 15 is 0 Å². The van der Waals surface area contributed by atoms with Crippen molar-refractivity contribution in [3.05, 3.63) is 0 Å². The minimum Gasteiger partial charge on any atom is -0.375 e. The predicted octanol–water partition coefficient (Wildman–Crippen LogP) is 1.48. The van der Waals surface area contributed by atoms with E-state index in [0.717, 1.165) is 12.8 Å². The highest BCUT2D eigenvalue weighted by Crippen LogP contribution is 2.18. The van der Waals surface area contributed by atoms with Crippen LogP contribution in [0.25, 0.3) is 0 Å². The van der Waals surface area contributed by atoms with Crippen LogP contribution in [-0.2, 0) is 4.74 Å². The Morgan fingerprint density at radius 1 is 1.40 bits per heavy atom. The van der Waals surface area contributed by atoms with Gasteiger partial charge in [0.1, 0.15) is 0 Å². The summed E-state index contributed by atoms with van der Waals surface area (Å²) in [6, 6.07) is 0.0704. The van der Waals surface area contributed by atoms with Crippen LogP contribution in [-0.4, -0.2) is 36.7 Å². The molecule has 15 heavy (non-hydrogen) atoms. The monoisotopic (exact) mass is 234 g/mol. The number of ether oxygens (including phenoxy) is 1. The van der Waals surface area contributed by atoms with E-state index in [4.69, 9.17) is 16.3 Å². The molecule has 0 saturated carbocycles. The zero-order valence-corrected chi connectivity index (χ0v) is 10.0. The molecule has 0 aromatic heterocycles. The maximum atomic E-state index is 11.4. The average Bonchev–Trinajstić information content (AvgIpc) is 2.13. The number of halogens is 1. The number of carbonyl (C=O) groups is 1. The number of carbonyl (C=O) groups excluding carboxylic acids is 1. The Bertz CT molecular complexity index is 204. The van der Waals surface area contributed by atoms with Crippen molar-refractivity contribution in [2.24, 2.45) is 0 Å². The summed E-state index contributed by atoms with van der Waals surface area (Å²) in [5.74, 6) is 0.438. The van der Waals surface area contributed by atoms with Gasteiger partial charge in [-0.2, -0.15) is 0 Å². The molecule has 0 aromatic carbocycles. The zero-order chi connectivity index (χ0) is 11.3. The van der Waals surface area contributed by atoms with Crippen molar-refractivity contribution >= 4 is 17.6 Å². The lowest BCUT2D eigenvalue weighted by Crippen LogP contribution is -2.47. The van der Waals surface area contributed by atoms with Crippen LogP contribution in [0.15, 0.2) is 0 Å². The fraction of sp³-hybridized carbons (Fsp3) is 0.900. The van der Waals surface area contributed by atoms with Gasteiger partial charge in [0.05, 0.1) is 12.2 Å². The van der Waals surface area contributed by atoms with Gasteiger partial charge in [0.2, 0.25) is 0 Å².